The Labute approximate surface area is 181 Å². The number of anilines is 1. The van der Waals surface area contributed by atoms with Gasteiger partial charge in [-0.05, 0) is 42.9 Å². The molecule has 0 heterocycles. The number of benzene rings is 2. The van der Waals surface area contributed by atoms with Crippen molar-refractivity contribution in [3.63, 3.8) is 0 Å². The second-order valence-electron chi connectivity index (χ2n) is 5.45. The fourth-order valence-corrected chi connectivity index (χ4v) is 2.98. The van der Waals surface area contributed by atoms with Crippen LogP contribution in [0.5, 0.6) is 5.75 Å². The molecule has 0 unspecified atom stereocenters. The molecular weight excluding hydrogens is 449 g/mol. The summed E-state index contributed by atoms with van der Waals surface area (Å²) in [6, 6.07) is 8.74. The number of thiocarbonyl (C=S) groups is 1. The summed E-state index contributed by atoms with van der Waals surface area (Å²) in [4.78, 5) is 22.1. The Bertz CT molecular complexity index is 911. The number of hydrogen-bond acceptors (Lipinski definition) is 5. The van der Waals surface area contributed by atoms with Gasteiger partial charge in [-0.1, -0.05) is 34.8 Å². The summed E-state index contributed by atoms with van der Waals surface area (Å²) < 4.78 is 5.50. The number of non-ortho nitro benzene ring substituents is 1. The quantitative estimate of drug-likeness (QED) is 0.253. The van der Waals surface area contributed by atoms with E-state index in [4.69, 9.17) is 51.8 Å². The van der Waals surface area contributed by atoms with E-state index in [1.54, 1.807) is 18.2 Å². The molecule has 2 aromatic carbocycles. The summed E-state index contributed by atoms with van der Waals surface area (Å²) in [5, 5.41) is 17.0. The van der Waals surface area contributed by atoms with Crippen molar-refractivity contribution in [3.05, 3.63) is 61.6 Å². The lowest BCUT2D eigenvalue weighted by Gasteiger charge is -2.11. The predicted molar refractivity (Wildman–Crippen MR) is 114 cm³/mol. The Hall–Kier alpha value is -2.13. The molecule has 0 saturated heterocycles. The maximum atomic E-state index is 11.9. The molecule has 0 atom stereocenters. The molecule has 1 amide bonds. The fourth-order valence-electron chi connectivity index (χ4n) is 2.07. The molecule has 0 radical (unpaired) electrons. The Morgan fingerprint density at radius 2 is 1.89 bits per heavy atom. The van der Waals surface area contributed by atoms with Crippen molar-refractivity contribution >= 4 is 69.4 Å². The topological polar surface area (TPSA) is 93.5 Å². The average molecular weight is 463 g/mol. The van der Waals surface area contributed by atoms with Crippen molar-refractivity contribution in [3.8, 4) is 5.75 Å². The molecule has 0 aromatic heterocycles. The minimum atomic E-state index is -0.560. The van der Waals surface area contributed by atoms with E-state index in [1.807, 2.05) is 0 Å². The Kier molecular flexibility index (Phi) is 8.25. The van der Waals surface area contributed by atoms with Crippen LogP contribution in [0.25, 0.3) is 0 Å². The molecule has 28 heavy (non-hydrogen) atoms. The van der Waals surface area contributed by atoms with Crippen LogP contribution in [0.2, 0.25) is 15.1 Å². The van der Waals surface area contributed by atoms with Gasteiger partial charge < -0.3 is 15.4 Å². The van der Waals surface area contributed by atoms with Crippen molar-refractivity contribution in [2.75, 3.05) is 11.9 Å². The number of nitro groups is 1. The van der Waals surface area contributed by atoms with Gasteiger partial charge in [-0.15, -0.1) is 0 Å². The van der Waals surface area contributed by atoms with Crippen LogP contribution >= 0.6 is 47.0 Å². The van der Waals surface area contributed by atoms with Gasteiger partial charge >= 0.3 is 0 Å². The van der Waals surface area contributed by atoms with E-state index >= 15 is 0 Å². The number of nitrogens with zero attached hydrogens (tertiary/aromatic N) is 1. The number of amides is 1. The molecule has 0 aliphatic carbocycles. The monoisotopic (exact) mass is 461 g/mol. The van der Waals surface area contributed by atoms with Crippen molar-refractivity contribution in [2.24, 2.45) is 0 Å². The van der Waals surface area contributed by atoms with Gasteiger partial charge in [-0.25, -0.2) is 0 Å². The summed E-state index contributed by atoms with van der Waals surface area (Å²) in [7, 11) is 0. The van der Waals surface area contributed by atoms with E-state index < -0.39 is 4.92 Å². The number of carbonyl (C=O) groups is 1. The van der Waals surface area contributed by atoms with E-state index in [9.17, 15) is 14.9 Å². The molecule has 0 fully saturated rings. The number of ether oxygens (including phenoxy) is 1. The first-order chi connectivity index (χ1) is 13.3. The fraction of sp³-hybridized carbons (Fsp3) is 0.176. The highest BCUT2D eigenvalue weighted by Crippen LogP contribution is 2.28. The van der Waals surface area contributed by atoms with Gasteiger partial charge in [0.25, 0.3) is 5.69 Å². The zero-order valence-corrected chi connectivity index (χ0v) is 17.3. The minimum Gasteiger partial charge on any atom is -0.492 e. The highest BCUT2D eigenvalue weighted by molar-refractivity contribution is 7.80. The normalized spacial score (nSPS) is 10.2. The van der Waals surface area contributed by atoms with Gasteiger partial charge in [0.05, 0.1) is 27.3 Å². The highest BCUT2D eigenvalue weighted by atomic mass is 35.5. The molecule has 0 aliphatic heterocycles. The standard InChI is InChI=1S/C17H14Cl3N3O4S/c18-10-3-6-15(13(20)8-10)27-7-1-2-16(24)22-17(28)21-14-5-4-11(23(25)26)9-12(14)19/h3-6,8-9H,1-2,7H2,(H2,21,22,24,28). The van der Waals surface area contributed by atoms with Gasteiger partial charge in [-0.3, -0.25) is 14.9 Å². The van der Waals surface area contributed by atoms with Crippen molar-refractivity contribution in [1.82, 2.24) is 5.32 Å². The molecule has 7 nitrogen and oxygen atoms in total. The van der Waals surface area contributed by atoms with Crippen LogP contribution in [0.1, 0.15) is 12.8 Å². The van der Waals surface area contributed by atoms with Crippen LogP contribution in [0, 0.1) is 10.1 Å². The zero-order chi connectivity index (χ0) is 20.7. The third-order valence-corrected chi connectivity index (χ3v) is 4.41. The largest absolute Gasteiger partial charge is 0.492 e. The predicted octanol–water partition coefficient (Wildman–Crippen LogP) is 5.23. The SMILES string of the molecule is O=C(CCCOc1ccc(Cl)cc1Cl)NC(=S)Nc1ccc([N+](=O)[O-])cc1Cl. The minimum absolute atomic E-state index is 0.0300. The molecule has 148 valence electrons. The number of halogens is 3. The number of rotatable bonds is 7. The molecule has 2 aromatic rings. The van der Waals surface area contributed by atoms with Crippen LogP contribution in [0.3, 0.4) is 0 Å². The summed E-state index contributed by atoms with van der Waals surface area (Å²) in [6.45, 7) is 0.281. The maximum Gasteiger partial charge on any atom is 0.271 e. The molecule has 11 heteroatoms. The van der Waals surface area contributed by atoms with Gasteiger partial charge in [0.1, 0.15) is 5.75 Å². The third kappa shape index (κ3) is 6.79. The van der Waals surface area contributed by atoms with Crippen LogP contribution in [-0.4, -0.2) is 22.5 Å². The van der Waals surface area contributed by atoms with Crippen molar-refractivity contribution in [2.45, 2.75) is 12.8 Å². The van der Waals surface area contributed by atoms with E-state index in [1.165, 1.54) is 18.2 Å². The average Bonchev–Trinajstić information content (AvgIpc) is 2.61. The summed E-state index contributed by atoms with van der Waals surface area (Å²) in [5.41, 5.74) is 0.199. The van der Waals surface area contributed by atoms with Crippen LogP contribution in [-0.2, 0) is 4.79 Å². The molecule has 2 rings (SSSR count). The van der Waals surface area contributed by atoms with E-state index in [2.05, 4.69) is 10.6 Å². The number of nitro benzene ring substituents is 1. The van der Waals surface area contributed by atoms with Crippen molar-refractivity contribution in [1.29, 1.82) is 0 Å². The number of hydrogen-bond donors (Lipinski definition) is 2. The third-order valence-electron chi connectivity index (χ3n) is 3.36. The van der Waals surface area contributed by atoms with Crippen LogP contribution in [0.15, 0.2) is 36.4 Å². The lowest BCUT2D eigenvalue weighted by atomic mass is 10.3. The Balaban J connectivity index is 1.75. The first-order valence-electron chi connectivity index (χ1n) is 7.89. The molecule has 0 bridgehead atoms. The zero-order valence-electron chi connectivity index (χ0n) is 14.2. The number of carbonyl (C=O) groups excluding carboxylic acids is 1. The number of nitrogens with one attached hydrogen (secondary N) is 2. The molecular formula is C17H14Cl3N3O4S. The first-order valence-corrected chi connectivity index (χ1v) is 9.43. The maximum absolute atomic E-state index is 11.9. The van der Waals surface area contributed by atoms with Gasteiger partial charge in [0.2, 0.25) is 5.91 Å². The highest BCUT2D eigenvalue weighted by Gasteiger charge is 2.11. The first kappa shape index (κ1) is 22.2. The van der Waals surface area contributed by atoms with E-state index in [0.29, 0.717) is 27.9 Å². The second-order valence-corrected chi connectivity index (χ2v) is 7.11. The van der Waals surface area contributed by atoms with Crippen LogP contribution in [0.4, 0.5) is 11.4 Å². The van der Waals surface area contributed by atoms with E-state index in [-0.39, 0.29) is 34.8 Å². The lowest BCUT2D eigenvalue weighted by molar-refractivity contribution is -0.384. The van der Waals surface area contributed by atoms with Crippen LogP contribution < -0.4 is 15.4 Å². The Morgan fingerprint density at radius 3 is 2.54 bits per heavy atom. The summed E-state index contributed by atoms with van der Waals surface area (Å²) in [5.74, 6) is 0.165. The molecule has 0 saturated carbocycles. The molecule has 0 aliphatic rings. The lowest BCUT2D eigenvalue weighted by Crippen LogP contribution is -2.34. The molecule has 0 spiro atoms. The van der Waals surface area contributed by atoms with Gasteiger partial charge in [0, 0.05) is 23.6 Å². The summed E-state index contributed by atoms with van der Waals surface area (Å²) in [6.07, 6.45) is 0.604. The van der Waals surface area contributed by atoms with E-state index in [0.717, 1.165) is 0 Å². The second kappa shape index (κ2) is 10.4. The smallest absolute Gasteiger partial charge is 0.271 e. The van der Waals surface area contributed by atoms with Gasteiger partial charge in [-0.2, -0.15) is 0 Å². The van der Waals surface area contributed by atoms with Gasteiger partial charge in [0.15, 0.2) is 5.11 Å². The Morgan fingerprint density at radius 1 is 1.14 bits per heavy atom. The summed E-state index contributed by atoms with van der Waals surface area (Å²) >= 11 is 22.8. The van der Waals surface area contributed by atoms with Crippen molar-refractivity contribution < 1.29 is 14.5 Å². The molecule has 2 N–H and O–H groups in total.